The molecule has 5 N–H and O–H groups in total. The highest BCUT2D eigenvalue weighted by molar-refractivity contribution is 5.73. The number of halogens is 6. The van der Waals surface area contributed by atoms with Crippen LogP contribution in [0.4, 0.5) is 26.3 Å². The van der Waals surface area contributed by atoms with Crippen LogP contribution >= 0.6 is 0 Å². The van der Waals surface area contributed by atoms with E-state index in [1.54, 1.807) is 0 Å². The van der Waals surface area contributed by atoms with Crippen LogP contribution in [0, 0.1) is 11.8 Å². The van der Waals surface area contributed by atoms with Gasteiger partial charge in [-0.05, 0) is 51.6 Å². The maximum absolute atomic E-state index is 10.6. The first-order valence-corrected chi connectivity index (χ1v) is 7.47. The zero-order valence-corrected chi connectivity index (χ0v) is 14.5. The van der Waals surface area contributed by atoms with Crippen molar-refractivity contribution in [2.45, 2.75) is 51.5 Å². The fourth-order valence-electron chi connectivity index (χ4n) is 1.38. The third-order valence-corrected chi connectivity index (χ3v) is 3.11. The van der Waals surface area contributed by atoms with Gasteiger partial charge in [0.05, 0.1) is 0 Å². The van der Waals surface area contributed by atoms with Crippen LogP contribution < -0.4 is 11.1 Å². The molecule has 6 nitrogen and oxygen atoms in total. The summed E-state index contributed by atoms with van der Waals surface area (Å²) < 4.78 is 63.5. The average molecular weight is 398 g/mol. The van der Waals surface area contributed by atoms with E-state index in [1.165, 1.54) is 13.0 Å². The van der Waals surface area contributed by atoms with Gasteiger partial charge in [0.1, 0.15) is 0 Å². The van der Waals surface area contributed by atoms with Gasteiger partial charge in [-0.3, -0.25) is 0 Å². The number of nitrogens with one attached hydrogen (secondary N) is 1. The van der Waals surface area contributed by atoms with E-state index in [0.717, 1.165) is 24.8 Å². The molecule has 0 spiro atoms. The van der Waals surface area contributed by atoms with Crippen LogP contribution in [-0.4, -0.2) is 53.1 Å². The van der Waals surface area contributed by atoms with Crippen molar-refractivity contribution in [1.29, 1.82) is 0 Å². The molecule has 0 aromatic carbocycles. The van der Waals surface area contributed by atoms with Gasteiger partial charge in [-0.25, -0.2) is 9.59 Å². The van der Waals surface area contributed by atoms with Crippen LogP contribution in [0.25, 0.3) is 0 Å². The minimum absolute atomic E-state index is 0.0117. The van der Waals surface area contributed by atoms with Crippen LogP contribution in [0.1, 0.15) is 33.6 Å². The van der Waals surface area contributed by atoms with Crippen LogP contribution in [0.3, 0.4) is 0 Å². The first-order chi connectivity index (χ1) is 11.4. The van der Waals surface area contributed by atoms with Crippen molar-refractivity contribution >= 4 is 11.9 Å². The largest absolute Gasteiger partial charge is 0.490 e. The number of alkyl halides is 6. The van der Waals surface area contributed by atoms with E-state index in [9.17, 15) is 26.3 Å². The maximum Gasteiger partial charge on any atom is 0.490 e. The van der Waals surface area contributed by atoms with E-state index in [0.29, 0.717) is 0 Å². The normalized spacial score (nSPS) is 19.5. The van der Waals surface area contributed by atoms with Crippen molar-refractivity contribution in [3.8, 4) is 0 Å². The Morgan fingerprint density at radius 3 is 1.54 bits per heavy atom. The molecule has 26 heavy (non-hydrogen) atoms. The number of hydrogen-bond donors (Lipinski definition) is 4. The molecule has 0 aliphatic heterocycles. The van der Waals surface area contributed by atoms with Crippen molar-refractivity contribution in [1.82, 2.24) is 5.32 Å². The molecule has 1 rings (SSSR count). The number of nitrogens with two attached hydrogens (primary N) is 1. The molecule has 0 radical (unpaired) electrons. The first-order valence-electron chi connectivity index (χ1n) is 7.47. The zero-order valence-electron chi connectivity index (χ0n) is 14.5. The number of rotatable bonds is 5. The fraction of sp³-hybridized carbons (Fsp3) is 0.857. The lowest BCUT2D eigenvalue weighted by atomic mass is 10.0. The molecule has 2 atom stereocenters. The van der Waals surface area contributed by atoms with E-state index in [4.69, 9.17) is 25.5 Å². The number of aliphatic carboxylic acids is 2. The molecule has 12 heteroatoms. The molecule has 1 aliphatic rings. The number of carboxylic acids is 2. The van der Waals surface area contributed by atoms with Gasteiger partial charge in [-0.1, -0.05) is 6.92 Å². The summed E-state index contributed by atoms with van der Waals surface area (Å²) in [5.74, 6) is -3.60. The number of carboxylic acid groups (broad SMARTS) is 2. The standard InChI is InChI=1S/C10H22N2.2C2HF3O2/c1-8-6-9(8)7-12-5-4-10(2,3)11;2*3-2(4,5)1(6)7/h8-9,12H,4-7,11H2,1-3H3;2*(H,6,7). The molecule has 1 saturated carbocycles. The van der Waals surface area contributed by atoms with Crippen molar-refractivity contribution in [3.05, 3.63) is 0 Å². The Morgan fingerprint density at radius 2 is 1.35 bits per heavy atom. The summed E-state index contributed by atoms with van der Waals surface area (Å²) in [7, 11) is 0. The van der Waals surface area contributed by atoms with E-state index in [-0.39, 0.29) is 5.54 Å². The van der Waals surface area contributed by atoms with E-state index < -0.39 is 24.3 Å². The second-order valence-corrected chi connectivity index (χ2v) is 6.52. The summed E-state index contributed by atoms with van der Waals surface area (Å²) >= 11 is 0. The molecule has 156 valence electrons. The van der Waals surface area contributed by atoms with Crippen LogP contribution in [-0.2, 0) is 9.59 Å². The Kier molecular flexibility index (Phi) is 10.8. The number of hydrogen-bond acceptors (Lipinski definition) is 4. The molecular weight excluding hydrogens is 374 g/mol. The molecule has 2 unspecified atom stereocenters. The summed E-state index contributed by atoms with van der Waals surface area (Å²) in [5.41, 5.74) is 5.84. The second-order valence-electron chi connectivity index (χ2n) is 6.52. The summed E-state index contributed by atoms with van der Waals surface area (Å²) in [5, 5.41) is 17.7. The summed E-state index contributed by atoms with van der Waals surface area (Å²) in [6.45, 7) is 8.73. The number of carbonyl (C=O) groups is 2. The van der Waals surface area contributed by atoms with Crippen LogP contribution in [0.2, 0.25) is 0 Å². The fourth-order valence-corrected chi connectivity index (χ4v) is 1.38. The van der Waals surface area contributed by atoms with E-state index >= 15 is 0 Å². The van der Waals surface area contributed by atoms with Gasteiger partial charge >= 0.3 is 24.3 Å². The average Bonchev–Trinajstić information content (AvgIpc) is 3.09. The summed E-state index contributed by atoms with van der Waals surface area (Å²) in [4.78, 5) is 17.8. The summed E-state index contributed by atoms with van der Waals surface area (Å²) in [6.07, 6.45) is -7.69. The van der Waals surface area contributed by atoms with Crippen LogP contribution in [0.15, 0.2) is 0 Å². The Morgan fingerprint density at radius 1 is 1.04 bits per heavy atom. The monoisotopic (exact) mass is 398 g/mol. The molecule has 1 fully saturated rings. The van der Waals surface area contributed by atoms with Crippen molar-refractivity contribution < 1.29 is 46.1 Å². The molecule has 0 bridgehead atoms. The van der Waals surface area contributed by atoms with Gasteiger partial charge in [0.25, 0.3) is 0 Å². The molecule has 0 amide bonds. The van der Waals surface area contributed by atoms with Gasteiger partial charge in [0, 0.05) is 5.54 Å². The molecular formula is C14H24F6N2O4. The Balaban J connectivity index is 0. The van der Waals surface area contributed by atoms with E-state index in [1.807, 2.05) is 0 Å². The van der Waals surface area contributed by atoms with Crippen molar-refractivity contribution in [3.63, 3.8) is 0 Å². The van der Waals surface area contributed by atoms with Gasteiger partial charge in [-0.15, -0.1) is 0 Å². The van der Waals surface area contributed by atoms with Crippen LogP contribution in [0.5, 0.6) is 0 Å². The quantitative estimate of drug-likeness (QED) is 0.418. The first kappa shape index (κ1) is 26.7. The van der Waals surface area contributed by atoms with Gasteiger partial charge in [0.2, 0.25) is 0 Å². The SMILES string of the molecule is CC1CC1CNCCC(C)(C)N.O=C(O)C(F)(F)F.O=C(O)C(F)(F)F. The Labute approximate surface area is 146 Å². The third-order valence-electron chi connectivity index (χ3n) is 3.11. The highest BCUT2D eigenvalue weighted by atomic mass is 19.4. The molecule has 0 aromatic rings. The predicted molar refractivity (Wildman–Crippen MR) is 80.4 cm³/mol. The molecule has 0 heterocycles. The Bertz CT molecular complexity index is 422. The molecule has 0 aromatic heterocycles. The topological polar surface area (TPSA) is 113 Å². The summed E-state index contributed by atoms with van der Waals surface area (Å²) in [6, 6.07) is 0. The lowest BCUT2D eigenvalue weighted by Crippen LogP contribution is -2.36. The Hall–Kier alpha value is -1.56. The van der Waals surface area contributed by atoms with Gasteiger partial charge in [0.15, 0.2) is 0 Å². The highest BCUT2D eigenvalue weighted by Gasteiger charge is 2.38. The van der Waals surface area contributed by atoms with Gasteiger partial charge in [-0.2, -0.15) is 26.3 Å². The molecule has 1 aliphatic carbocycles. The zero-order chi connectivity index (χ0) is 21.3. The van der Waals surface area contributed by atoms with Crippen molar-refractivity contribution in [2.24, 2.45) is 17.6 Å². The van der Waals surface area contributed by atoms with Gasteiger partial charge < -0.3 is 21.3 Å². The minimum Gasteiger partial charge on any atom is -0.475 e. The molecule has 0 saturated heterocycles. The lowest BCUT2D eigenvalue weighted by Gasteiger charge is -2.18. The smallest absolute Gasteiger partial charge is 0.475 e. The van der Waals surface area contributed by atoms with E-state index in [2.05, 4.69) is 26.1 Å². The second kappa shape index (κ2) is 10.6. The third kappa shape index (κ3) is 17.3. The lowest BCUT2D eigenvalue weighted by molar-refractivity contribution is -0.193. The predicted octanol–water partition coefficient (Wildman–Crippen LogP) is 2.63. The maximum atomic E-state index is 10.6. The highest BCUT2D eigenvalue weighted by Crippen LogP contribution is 2.36. The minimum atomic E-state index is -5.08. The van der Waals surface area contributed by atoms with Crippen molar-refractivity contribution in [2.75, 3.05) is 13.1 Å².